The van der Waals surface area contributed by atoms with Crippen molar-refractivity contribution < 1.29 is 9.53 Å². The Balaban J connectivity index is 1.73. The summed E-state index contributed by atoms with van der Waals surface area (Å²) in [5.74, 6) is 0.0128. The highest BCUT2D eigenvalue weighted by Gasteiger charge is 2.19. The summed E-state index contributed by atoms with van der Waals surface area (Å²) < 4.78 is 5.26. The third-order valence-electron chi connectivity index (χ3n) is 3.62. The van der Waals surface area contributed by atoms with E-state index in [4.69, 9.17) is 4.74 Å². The molecule has 3 rings (SSSR count). The Morgan fingerprint density at radius 1 is 1.39 bits per heavy atom. The Hall–Kier alpha value is -1.39. The van der Waals surface area contributed by atoms with E-state index in [1.54, 1.807) is 0 Å². The van der Waals surface area contributed by atoms with Crippen molar-refractivity contribution in [2.24, 2.45) is 0 Å². The van der Waals surface area contributed by atoms with E-state index < -0.39 is 0 Å². The van der Waals surface area contributed by atoms with Crippen LogP contribution in [0.1, 0.15) is 27.9 Å². The van der Waals surface area contributed by atoms with Gasteiger partial charge in [-0.3, -0.25) is 4.79 Å². The minimum Gasteiger partial charge on any atom is -0.379 e. The molecule has 0 bridgehead atoms. The number of rotatable bonds is 2. The highest BCUT2D eigenvalue weighted by molar-refractivity contribution is 5.94. The van der Waals surface area contributed by atoms with Crippen LogP contribution in [0.25, 0.3) is 0 Å². The molecule has 1 unspecified atom stereocenters. The summed E-state index contributed by atoms with van der Waals surface area (Å²) in [4.78, 5) is 12.1. The van der Waals surface area contributed by atoms with E-state index in [2.05, 4.69) is 16.7 Å². The summed E-state index contributed by atoms with van der Waals surface area (Å²) in [5, 5.41) is 6.35. The monoisotopic (exact) mass is 246 g/mol. The molecule has 0 aromatic heterocycles. The maximum atomic E-state index is 12.1. The zero-order valence-corrected chi connectivity index (χ0v) is 10.4. The first-order valence-corrected chi connectivity index (χ1v) is 6.54. The predicted octanol–water partition coefficient (Wildman–Crippen LogP) is 0.851. The van der Waals surface area contributed by atoms with Crippen LogP contribution in [0, 0.1) is 0 Å². The van der Waals surface area contributed by atoms with Crippen molar-refractivity contribution in [3.05, 3.63) is 34.9 Å². The summed E-state index contributed by atoms with van der Waals surface area (Å²) in [6.07, 6.45) is 1.96. The Labute approximate surface area is 107 Å². The summed E-state index contributed by atoms with van der Waals surface area (Å²) in [7, 11) is 0. The molecule has 96 valence electrons. The van der Waals surface area contributed by atoms with Gasteiger partial charge in [-0.25, -0.2) is 0 Å². The predicted molar refractivity (Wildman–Crippen MR) is 68.5 cm³/mol. The average Bonchev–Trinajstić information content (AvgIpc) is 2.91. The summed E-state index contributed by atoms with van der Waals surface area (Å²) in [6.45, 7) is 3.28. The maximum Gasteiger partial charge on any atom is 0.251 e. The normalized spacial score (nSPS) is 22.6. The molecule has 1 aromatic rings. The Morgan fingerprint density at radius 2 is 2.33 bits per heavy atom. The van der Waals surface area contributed by atoms with Crippen molar-refractivity contribution in [2.75, 3.05) is 19.8 Å². The lowest BCUT2D eigenvalue weighted by molar-refractivity contribution is 0.0930. The van der Waals surface area contributed by atoms with E-state index in [0.717, 1.165) is 38.1 Å². The van der Waals surface area contributed by atoms with Gasteiger partial charge in [0, 0.05) is 18.7 Å². The molecule has 1 fully saturated rings. The Bertz CT molecular complexity index is 453. The molecule has 1 amide bonds. The molecule has 1 atom stereocenters. The van der Waals surface area contributed by atoms with E-state index in [9.17, 15) is 4.79 Å². The van der Waals surface area contributed by atoms with Gasteiger partial charge in [0.05, 0.1) is 12.6 Å². The lowest BCUT2D eigenvalue weighted by atomic mass is 9.98. The molecule has 0 aliphatic carbocycles. The minimum atomic E-state index is 0.0128. The maximum absolute atomic E-state index is 12.1. The summed E-state index contributed by atoms with van der Waals surface area (Å²) >= 11 is 0. The lowest BCUT2D eigenvalue weighted by Crippen LogP contribution is -2.35. The molecule has 2 aliphatic rings. The first-order chi connectivity index (χ1) is 8.83. The fourth-order valence-electron chi connectivity index (χ4n) is 2.54. The number of hydrogen-bond acceptors (Lipinski definition) is 3. The van der Waals surface area contributed by atoms with E-state index >= 15 is 0 Å². The van der Waals surface area contributed by atoms with Crippen molar-refractivity contribution in [1.82, 2.24) is 10.6 Å². The molecule has 4 nitrogen and oxygen atoms in total. The number of hydrogen-bond donors (Lipinski definition) is 2. The second kappa shape index (κ2) is 5.08. The van der Waals surface area contributed by atoms with Crippen LogP contribution in [0.15, 0.2) is 18.2 Å². The van der Waals surface area contributed by atoms with E-state index in [0.29, 0.717) is 6.61 Å². The third kappa shape index (κ3) is 2.40. The van der Waals surface area contributed by atoms with Crippen LogP contribution in [0.4, 0.5) is 0 Å². The molecule has 4 heteroatoms. The number of carbonyl (C=O) groups is 1. The molecule has 2 aliphatic heterocycles. The van der Waals surface area contributed by atoms with E-state index in [1.807, 2.05) is 12.1 Å². The number of benzene rings is 1. The zero-order chi connectivity index (χ0) is 12.4. The van der Waals surface area contributed by atoms with Gasteiger partial charge in [-0.05, 0) is 42.6 Å². The van der Waals surface area contributed by atoms with Gasteiger partial charge < -0.3 is 15.4 Å². The topological polar surface area (TPSA) is 50.4 Å². The van der Waals surface area contributed by atoms with Crippen LogP contribution in [0.3, 0.4) is 0 Å². The van der Waals surface area contributed by atoms with Gasteiger partial charge in [-0.15, -0.1) is 0 Å². The van der Waals surface area contributed by atoms with Crippen LogP contribution in [0.5, 0.6) is 0 Å². The molecule has 0 radical (unpaired) electrons. The molecular formula is C14H18N2O2. The quantitative estimate of drug-likeness (QED) is 0.813. The molecular weight excluding hydrogens is 228 g/mol. The van der Waals surface area contributed by atoms with Crippen LogP contribution < -0.4 is 10.6 Å². The second-order valence-corrected chi connectivity index (χ2v) is 4.94. The molecule has 2 N–H and O–H groups in total. The fraction of sp³-hybridized carbons (Fsp3) is 0.500. The molecule has 0 saturated carbocycles. The first-order valence-electron chi connectivity index (χ1n) is 6.54. The minimum absolute atomic E-state index is 0.0128. The Morgan fingerprint density at radius 3 is 3.17 bits per heavy atom. The summed E-state index contributed by atoms with van der Waals surface area (Å²) in [5.41, 5.74) is 3.36. The van der Waals surface area contributed by atoms with Gasteiger partial charge in [0.25, 0.3) is 5.91 Å². The van der Waals surface area contributed by atoms with Crippen LogP contribution in [-0.4, -0.2) is 31.7 Å². The van der Waals surface area contributed by atoms with E-state index in [-0.39, 0.29) is 11.9 Å². The molecule has 2 heterocycles. The second-order valence-electron chi connectivity index (χ2n) is 4.94. The Kier molecular flexibility index (Phi) is 3.30. The van der Waals surface area contributed by atoms with Crippen LogP contribution in [0.2, 0.25) is 0 Å². The van der Waals surface area contributed by atoms with Crippen molar-refractivity contribution >= 4 is 5.91 Å². The van der Waals surface area contributed by atoms with Crippen molar-refractivity contribution in [1.29, 1.82) is 0 Å². The van der Waals surface area contributed by atoms with Gasteiger partial charge in [-0.1, -0.05) is 6.07 Å². The van der Waals surface area contributed by atoms with Crippen molar-refractivity contribution in [3.63, 3.8) is 0 Å². The van der Waals surface area contributed by atoms with Gasteiger partial charge in [-0.2, -0.15) is 0 Å². The molecule has 1 aromatic carbocycles. The van der Waals surface area contributed by atoms with Gasteiger partial charge >= 0.3 is 0 Å². The SMILES string of the molecule is O=C(NC1CCOC1)c1ccc2c(c1)CNCC2. The number of amides is 1. The van der Waals surface area contributed by atoms with Gasteiger partial charge in [0.15, 0.2) is 0 Å². The van der Waals surface area contributed by atoms with Crippen molar-refractivity contribution in [2.45, 2.75) is 25.4 Å². The van der Waals surface area contributed by atoms with Crippen LogP contribution >= 0.6 is 0 Å². The fourth-order valence-corrected chi connectivity index (χ4v) is 2.54. The number of ether oxygens (including phenoxy) is 1. The lowest BCUT2D eigenvalue weighted by Gasteiger charge is -2.18. The molecule has 0 spiro atoms. The van der Waals surface area contributed by atoms with Crippen LogP contribution in [-0.2, 0) is 17.7 Å². The smallest absolute Gasteiger partial charge is 0.251 e. The number of carbonyl (C=O) groups excluding carboxylic acids is 1. The number of fused-ring (bicyclic) bond motifs is 1. The number of nitrogens with one attached hydrogen (secondary N) is 2. The molecule has 18 heavy (non-hydrogen) atoms. The van der Waals surface area contributed by atoms with E-state index in [1.165, 1.54) is 11.1 Å². The standard InChI is InChI=1S/C14H18N2O2/c17-14(16-13-4-6-18-9-13)11-2-1-10-3-5-15-8-12(10)7-11/h1-2,7,13,15H,3-6,8-9H2,(H,16,17). The highest BCUT2D eigenvalue weighted by Crippen LogP contribution is 2.16. The third-order valence-corrected chi connectivity index (χ3v) is 3.62. The largest absolute Gasteiger partial charge is 0.379 e. The first kappa shape index (κ1) is 11.7. The summed E-state index contributed by atoms with van der Waals surface area (Å²) in [6, 6.07) is 6.18. The average molecular weight is 246 g/mol. The molecule has 1 saturated heterocycles. The zero-order valence-electron chi connectivity index (χ0n) is 10.4. The van der Waals surface area contributed by atoms with Gasteiger partial charge in [0.2, 0.25) is 0 Å². The van der Waals surface area contributed by atoms with Gasteiger partial charge in [0.1, 0.15) is 0 Å². The highest BCUT2D eigenvalue weighted by atomic mass is 16.5. The van der Waals surface area contributed by atoms with Crippen molar-refractivity contribution in [3.8, 4) is 0 Å².